The molecule has 0 saturated carbocycles. The lowest BCUT2D eigenvalue weighted by molar-refractivity contribution is -0.880. The molecule has 6 nitrogen and oxygen atoms in total. The van der Waals surface area contributed by atoms with Gasteiger partial charge in [-0.05, 0) is 31.2 Å². The van der Waals surface area contributed by atoms with E-state index < -0.39 is 9.84 Å². The van der Waals surface area contributed by atoms with Gasteiger partial charge in [0.25, 0.3) is 0 Å². The minimum atomic E-state index is -3.79. The zero-order chi connectivity index (χ0) is 19.7. The maximum absolute atomic E-state index is 13.4. The van der Waals surface area contributed by atoms with Crippen molar-refractivity contribution in [2.75, 3.05) is 38.1 Å². The van der Waals surface area contributed by atoms with Crippen molar-refractivity contribution in [3.63, 3.8) is 0 Å². The number of sulfone groups is 1. The molecular formula is C21H24N3O3S+. The van der Waals surface area contributed by atoms with Gasteiger partial charge in [0.05, 0.1) is 38.1 Å². The molecule has 2 aromatic carbocycles. The number of nitrogens with zero attached hydrogens (tertiary/aromatic N) is 2. The predicted octanol–water partition coefficient (Wildman–Crippen LogP) is 1.82. The largest absolute Gasteiger partial charge is 0.419 e. The van der Waals surface area contributed by atoms with Crippen LogP contribution in [0.15, 0.2) is 68.9 Å². The van der Waals surface area contributed by atoms with Crippen LogP contribution in [0.5, 0.6) is 0 Å². The van der Waals surface area contributed by atoms with Gasteiger partial charge in [-0.3, -0.25) is 0 Å². The van der Waals surface area contributed by atoms with Gasteiger partial charge < -0.3 is 14.2 Å². The Bertz CT molecular complexity index is 1050. The molecule has 1 aliphatic rings. The summed E-state index contributed by atoms with van der Waals surface area (Å²) in [7, 11) is -1.65. The average Bonchev–Trinajstić information content (AvgIpc) is 3.16. The summed E-state index contributed by atoms with van der Waals surface area (Å²) < 4.78 is 32.8. The Morgan fingerprint density at radius 1 is 1.00 bits per heavy atom. The van der Waals surface area contributed by atoms with Crippen LogP contribution in [0.1, 0.15) is 5.56 Å². The summed E-state index contributed by atoms with van der Waals surface area (Å²) >= 11 is 0. The molecule has 1 N–H and O–H groups in total. The number of anilines is 1. The molecule has 1 aliphatic heterocycles. The van der Waals surface area contributed by atoms with Gasteiger partial charge in [0.2, 0.25) is 26.6 Å². The van der Waals surface area contributed by atoms with Gasteiger partial charge >= 0.3 is 0 Å². The molecular weight excluding hydrogens is 374 g/mol. The number of piperazine rings is 1. The molecule has 1 aromatic heterocycles. The zero-order valence-electron chi connectivity index (χ0n) is 16.1. The van der Waals surface area contributed by atoms with E-state index in [4.69, 9.17) is 4.42 Å². The second-order valence-electron chi connectivity index (χ2n) is 7.26. The number of nitrogens with one attached hydrogen (secondary N) is 1. The molecule has 7 heteroatoms. The lowest BCUT2D eigenvalue weighted by Crippen LogP contribution is -3.12. The molecule has 0 unspecified atom stereocenters. The van der Waals surface area contributed by atoms with Crippen molar-refractivity contribution in [3.05, 3.63) is 60.2 Å². The molecule has 0 amide bonds. The summed E-state index contributed by atoms with van der Waals surface area (Å²) in [6.45, 7) is 5.23. The van der Waals surface area contributed by atoms with Crippen LogP contribution in [0.25, 0.3) is 11.5 Å². The second-order valence-corrected chi connectivity index (χ2v) is 9.12. The quantitative estimate of drug-likeness (QED) is 0.726. The number of quaternary nitrogens is 1. The highest BCUT2D eigenvalue weighted by Crippen LogP contribution is 2.34. The van der Waals surface area contributed by atoms with Gasteiger partial charge in [0.1, 0.15) is 0 Å². The van der Waals surface area contributed by atoms with Crippen LogP contribution < -0.4 is 9.80 Å². The fourth-order valence-corrected chi connectivity index (χ4v) is 4.62. The van der Waals surface area contributed by atoms with Gasteiger partial charge in [-0.1, -0.05) is 35.9 Å². The smallest absolute Gasteiger partial charge is 0.236 e. The topological polar surface area (TPSA) is 67.9 Å². The second kappa shape index (κ2) is 7.41. The standard InChI is InChI=1S/C21H23N3O3S/c1-16-8-10-18(11-9-16)28(25,26)20-21(24-14-12-23(2)13-15-24)27-19(22-20)17-6-4-3-5-7-17/h3-11H,12-15H2,1-2H3/p+1. The number of likely N-dealkylation sites (N-methyl/N-ethyl adjacent to an activating group) is 1. The van der Waals surface area contributed by atoms with Crippen molar-refractivity contribution >= 4 is 15.7 Å². The van der Waals surface area contributed by atoms with Gasteiger partial charge in [-0.2, -0.15) is 4.98 Å². The Morgan fingerprint density at radius 3 is 2.29 bits per heavy atom. The number of aromatic nitrogens is 1. The number of oxazole rings is 1. The first-order chi connectivity index (χ1) is 13.4. The lowest BCUT2D eigenvalue weighted by atomic mass is 10.2. The number of benzene rings is 2. The third-order valence-corrected chi connectivity index (χ3v) is 6.76. The van der Waals surface area contributed by atoms with E-state index in [0.29, 0.717) is 11.8 Å². The fraction of sp³-hybridized carbons (Fsp3) is 0.286. The highest BCUT2D eigenvalue weighted by molar-refractivity contribution is 7.91. The number of hydrogen-bond acceptors (Lipinski definition) is 5. The molecule has 0 spiro atoms. The van der Waals surface area contributed by atoms with Crippen LogP contribution in [-0.2, 0) is 9.84 Å². The number of rotatable bonds is 4. The third kappa shape index (κ3) is 3.55. The molecule has 2 heterocycles. The van der Waals surface area contributed by atoms with Crippen LogP contribution in [0.3, 0.4) is 0 Å². The van der Waals surface area contributed by atoms with E-state index >= 15 is 0 Å². The van der Waals surface area contributed by atoms with E-state index in [9.17, 15) is 8.42 Å². The molecule has 1 saturated heterocycles. The summed E-state index contributed by atoms with van der Waals surface area (Å²) in [6, 6.07) is 16.2. The molecule has 0 aliphatic carbocycles. The molecule has 4 rings (SSSR count). The van der Waals surface area contributed by atoms with Crippen LogP contribution in [0, 0.1) is 6.92 Å². The van der Waals surface area contributed by atoms with E-state index in [1.54, 1.807) is 24.3 Å². The van der Waals surface area contributed by atoms with Gasteiger partial charge in [-0.15, -0.1) is 0 Å². The van der Waals surface area contributed by atoms with Gasteiger partial charge in [0.15, 0.2) is 0 Å². The Labute approximate surface area is 165 Å². The summed E-state index contributed by atoms with van der Waals surface area (Å²) in [5, 5.41) is -0.00485. The molecule has 0 radical (unpaired) electrons. The first kappa shape index (κ1) is 18.7. The normalized spacial score (nSPS) is 15.7. The number of hydrogen-bond donors (Lipinski definition) is 1. The highest BCUT2D eigenvalue weighted by Gasteiger charge is 2.33. The highest BCUT2D eigenvalue weighted by atomic mass is 32.2. The van der Waals surface area contributed by atoms with Crippen LogP contribution in [0.4, 0.5) is 5.88 Å². The lowest BCUT2D eigenvalue weighted by Gasteiger charge is -2.29. The van der Waals surface area contributed by atoms with E-state index in [-0.39, 0.29) is 9.92 Å². The van der Waals surface area contributed by atoms with Crippen LogP contribution in [-0.4, -0.2) is 46.6 Å². The van der Waals surface area contributed by atoms with Crippen molar-refractivity contribution in [1.29, 1.82) is 0 Å². The van der Waals surface area contributed by atoms with Crippen molar-refractivity contribution < 1.29 is 17.7 Å². The Morgan fingerprint density at radius 2 is 1.64 bits per heavy atom. The van der Waals surface area contributed by atoms with E-state index in [2.05, 4.69) is 12.0 Å². The Balaban J connectivity index is 1.82. The van der Waals surface area contributed by atoms with E-state index in [1.165, 1.54) is 4.90 Å². The van der Waals surface area contributed by atoms with Crippen molar-refractivity contribution in [2.24, 2.45) is 0 Å². The summed E-state index contributed by atoms with van der Waals surface area (Å²) in [4.78, 5) is 8.08. The Kier molecular flexibility index (Phi) is 4.95. The Hall–Kier alpha value is -2.64. The molecule has 0 bridgehead atoms. The van der Waals surface area contributed by atoms with Gasteiger partial charge in [-0.25, -0.2) is 8.42 Å². The van der Waals surface area contributed by atoms with Gasteiger partial charge in [0, 0.05) is 5.56 Å². The summed E-state index contributed by atoms with van der Waals surface area (Å²) in [5.41, 5.74) is 1.76. The molecule has 0 atom stereocenters. The minimum absolute atomic E-state index is 0.00485. The zero-order valence-corrected chi connectivity index (χ0v) is 16.9. The minimum Gasteiger partial charge on any atom is -0.419 e. The predicted molar refractivity (Wildman–Crippen MR) is 107 cm³/mol. The number of aryl methyl sites for hydroxylation is 1. The van der Waals surface area contributed by atoms with Crippen molar-refractivity contribution in [2.45, 2.75) is 16.8 Å². The summed E-state index contributed by atoms with van der Waals surface area (Å²) in [5.74, 6) is 0.666. The van der Waals surface area contributed by atoms with Crippen LogP contribution >= 0.6 is 0 Å². The molecule has 3 aromatic rings. The SMILES string of the molecule is Cc1ccc(S(=O)(=O)c2nc(-c3ccccc3)oc2N2CC[NH+](C)CC2)cc1. The maximum atomic E-state index is 13.4. The van der Waals surface area contributed by atoms with E-state index in [1.807, 2.05) is 42.2 Å². The molecule has 1 fully saturated rings. The van der Waals surface area contributed by atoms with Crippen LogP contribution in [0.2, 0.25) is 0 Å². The average molecular weight is 399 g/mol. The third-order valence-electron chi connectivity index (χ3n) is 5.09. The maximum Gasteiger partial charge on any atom is 0.236 e. The van der Waals surface area contributed by atoms with Crippen molar-refractivity contribution in [3.8, 4) is 11.5 Å². The first-order valence-corrected chi connectivity index (χ1v) is 10.9. The first-order valence-electron chi connectivity index (χ1n) is 9.39. The fourth-order valence-electron chi connectivity index (χ4n) is 3.30. The molecule has 28 heavy (non-hydrogen) atoms. The molecule has 146 valence electrons. The van der Waals surface area contributed by atoms with E-state index in [0.717, 1.165) is 37.3 Å². The monoisotopic (exact) mass is 398 g/mol. The summed E-state index contributed by atoms with van der Waals surface area (Å²) in [6.07, 6.45) is 0. The van der Waals surface area contributed by atoms with Crippen molar-refractivity contribution in [1.82, 2.24) is 4.98 Å².